The van der Waals surface area contributed by atoms with Crippen LogP contribution in [0.1, 0.15) is 73.3 Å². The van der Waals surface area contributed by atoms with Crippen molar-refractivity contribution in [1.29, 1.82) is 0 Å². The van der Waals surface area contributed by atoms with Gasteiger partial charge < -0.3 is 19.3 Å². The maximum atomic E-state index is 14.9. The van der Waals surface area contributed by atoms with Crippen LogP contribution in [0.2, 0.25) is 0 Å². The zero-order valence-electron chi connectivity index (χ0n) is 23.7. The van der Waals surface area contributed by atoms with E-state index in [0.29, 0.717) is 12.3 Å². The molecule has 2 bridgehead atoms. The van der Waals surface area contributed by atoms with Crippen LogP contribution in [0.5, 0.6) is 0 Å². The molecule has 10 atom stereocenters. The van der Waals surface area contributed by atoms with Crippen LogP contribution in [-0.4, -0.2) is 46.6 Å². The van der Waals surface area contributed by atoms with Crippen LogP contribution in [0, 0.1) is 39.9 Å². The van der Waals surface area contributed by atoms with Gasteiger partial charge in [-0.1, -0.05) is 58.0 Å². The molecule has 6 heteroatoms. The Kier molecular flexibility index (Phi) is 5.53. The number of hydrogen-bond donors (Lipinski definition) is 1. The number of fused-ring (bicyclic) bond motifs is 2. The predicted octanol–water partition coefficient (Wildman–Crippen LogP) is 5.18. The Morgan fingerprint density at radius 3 is 2.45 bits per heavy atom. The summed E-state index contributed by atoms with van der Waals surface area (Å²) in [4.78, 5) is 28.0. The highest BCUT2D eigenvalue weighted by atomic mass is 16.7. The molecule has 0 unspecified atom stereocenters. The van der Waals surface area contributed by atoms with E-state index in [9.17, 15) is 14.7 Å². The van der Waals surface area contributed by atoms with Gasteiger partial charge in [0.2, 0.25) is 0 Å². The number of esters is 1. The highest BCUT2D eigenvalue weighted by Gasteiger charge is 2.82. The number of benzene rings is 1. The van der Waals surface area contributed by atoms with E-state index < -0.39 is 46.3 Å². The Hall–Kier alpha value is -2.02. The normalized spacial score (nSPS) is 48.0. The molecule has 1 saturated heterocycles. The Bertz CT molecular complexity index is 1190. The summed E-state index contributed by atoms with van der Waals surface area (Å²) < 4.78 is 19.6. The van der Waals surface area contributed by atoms with E-state index in [4.69, 9.17) is 14.2 Å². The number of ketones is 1. The van der Waals surface area contributed by atoms with Crippen molar-refractivity contribution >= 4 is 17.8 Å². The first kappa shape index (κ1) is 26.2. The molecule has 1 N–H and O–H groups in total. The van der Waals surface area contributed by atoms with Crippen molar-refractivity contribution in [1.82, 2.24) is 0 Å². The minimum absolute atomic E-state index is 0.0203. The summed E-state index contributed by atoms with van der Waals surface area (Å²) in [5.74, 6) is -1.65. The molecule has 0 amide bonds. The predicted molar refractivity (Wildman–Crippen MR) is 143 cm³/mol. The highest BCUT2D eigenvalue weighted by molar-refractivity contribution is 5.96. The summed E-state index contributed by atoms with van der Waals surface area (Å²) in [6, 6.07) is 9.57. The van der Waals surface area contributed by atoms with Gasteiger partial charge in [0.1, 0.15) is 11.7 Å². The van der Waals surface area contributed by atoms with Gasteiger partial charge in [0.25, 0.3) is 0 Å². The van der Waals surface area contributed by atoms with E-state index in [0.717, 1.165) is 18.4 Å². The molecule has 6 nitrogen and oxygen atoms in total. The van der Waals surface area contributed by atoms with Gasteiger partial charge >= 0.3 is 5.97 Å². The molecule has 38 heavy (non-hydrogen) atoms. The first-order valence-electron chi connectivity index (χ1n) is 14.2. The van der Waals surface area contributed by atoms with Gasteiger partial charge in [-0.2, -0.15) is 0 Å². The molecule has 1 spiro atoms. The number of carbonyl (C=O) groups is 2. The van der Waals surface area contributed by atoms with E-state index in [1.807, 2.05) is 58.0 Å². The van der Waals surface area contributed by atoms with Gasteiger partial charge in [0, 0.05) is 11.5 Å². The van der Waals surface area contributed by atoms with Crippen LogP contribution >= 0.6 is 0 Å². The molecule has 0 aromatic heterocycles. The molecule has 4 saturated carbocycles. The van der Waals surface area contributed by atoms with Crippen LogP contribution in [0.4, 0.5) is 0 Å². The molecule has 5 fully saturated rings. The number of carbonyl (C=O) groups excluding carboxylic acids is 2. The number of aliphatic hydroxyl groups excluding tert-OH is 1. The highest BCUT2D eigenvalue weighted by Crippen LogP contribution is 2.75. The zero-order valence-corrected chi connectivity index (χ0v) is 23.7. The van der Waals surface area contributed by atoms with Crippen LogP contribution in [-0.2, 0) is 23.8 Å². The molecular formula is C32H42O6. The molecule has 0 radical (unpaired) electrons. The average molecular weight is 523 g/mol. The van der Waals surface area contributed by atoms with Crippen molar-refractivity contribution in [3.8, 4) is 0 Å². The molecule has 4 aliphatic carbocycles. The van der Waals surface area contributed by atoms with Crippen molar-refractivity contribution in [3.05, 3.63) is 42.0 Å². The van der Waals surface area contributed by atoms with Gasteiger partial charge in [-0.05, 0) is 74.8 Å². The second-order valence-corrected chi connectivity index (χ2v) is 14.2. The largest absolute Gasteiger partial charge is 0.458 e. The van der Waals surface area contributed by atoms with Crippen LogP contribution in [0.25, 0.3) is 6.08 Å². The van der Waals surface area contributed by atoms with E-state index in [1.54, 1.807) is 6.08 Å². The Morgan fingerprint density at radius 2 is 1.76 bits per heavy atom. The van der Waals surface area contributed by atoms with Crippen LogP contribution in [0.15, 0.2) is 36.4 Å². The monoisotopic (exact) mass is 522 g/mol. The number of Topliss-reactive ketones (excluding diaryl/α,β-unsaturated/α-hetero) is 1. The van der Waals surface area contributed by atoms with Gasteiger partial charge in [-0.15, -0.1) is 0 Å². The van der Waals surface area contributed by atoms with Crippen molar-refractivity contribution in [2.24, 2.45) is 39.9 Å². The molecule has 206 valence electrons. The summed E-state index contributed by atoms with van der Waals surface area (Å²) in [6.45, 7) is 14.4. The van der Waals surface area contributed by atoms with E-state index >= 15 is 0 Å². The first-order chi connectivity index (χ1) is 17.7. The number of aliphatic hydroxyl groups is 1. The fourth-order valence-electron chi connectivity index (χ4n) is 9.25. The second-order valence-electron chi connectivity index (χ2n) is 14.2. The Morgan fingerprint density at radius 1 is 1.08 bits per heavy atom. The minimum Gasteiger partial charge on any atom is -0.458 e. The molecule has 1 aromatic carbocycles. The van der Waals surface area contributed by atoms with E-state index in [1.165, 1.54) is 6.08 Å². The molecule has 1 heterocycles. The lowest BCUT2D eigenvalue weighted by atomic mass is 9.46. The number of hydrogen-bond acceptors (Lipinski definition) is 6. The average Bonchev–Trinajstić information content (AvgIpc) is 3.33. The number of ether oxygens (including phenoxy) is 3. The quantitative estimate of drug-likeness (QED) is 0.435. The summed E-state index contributed by atoms with van der Waals surface area (Å²) in [5.41, 5.74) is -1.95. The molecular weight excluding hydrogens is 480 g/mol. The molecule has 1 aliphatic heterocycles. The lowest BCUT2D eigenvalue weighted by Crippen LogP contribution is -2.72. The fraction of sp³-hybridized carbons (Fsp3) is 0.688. The minimum atomic E-state index is -1.28. The summed E-state index contributed by atoms with van der Waals surface area (Å²) in [5, 5.41) is 12.3. The van der Waals surface area contributed by atoms with Crippen molar-refractivity contribution in [3.63, 3.8) is 0 Å². The van der Waals surface area contributed by atoms with Gasteiger partial charge in [-0.3, -0.25) is 4.79 Å². The summed E-state index contributed by atoms with van der Waals surface area (Å²) in [7, 11) is 0. The SMILES string of the molecule is C[C@H]1C[C@@]23OC(C)(C)O[C@@H]4[C@@H]5[C@H](CC[C@@](C)([C@H](O)[C@H]2[C@H]1OC(=O)C=Cc1ccccc1)[C@@]4(C)C3=O)C5(C)C. The lowest BCUT2D eigenvalue weighted by Gasteiger charge is -2.59. The second kappa shape index (κ2) is 8.02. The van der Waals surface area contributed by atoms with Gasteiger partial charge in [-0.25, -0.2) is 4.79 Å². The third-order valence-corrected chi connectivity index (χ3v) is 11.4. The zero-order chi connectivity index (χ0) is 27.5. The van der Waals surface area contributed by atoms with Crippen LogP contribution < -0.4 is 0 Å². The summed E-state index contributed by atoms with van der Waals surface area (Å²) >= 11 is 0. The number of rotatable bonds is 3. The Labute approximate surface area is 226 Å². The van der Waals surface area contributed by atoms with Gasteiger partial charge in [0.15, 0.2) is 11.6 Å². The van der Waals surface area contributed by atoms with E-state index in [-0.39, 0.29) is 29.1 Å². The third-order valence-electron chi connectivity index (χ3n) is 11.4. The molecule has 5 aliphatic rings. The lowest BCUT2D eigenvalue weighted by molar-refractivity contribution is -0.281. The maximum absolute atomic E-state index is 14.9. The standard InChI is InChI=1S/C32H42O6/c1-18-17-32-23(24(18)36-21(33)14-13-19-11-9-8-10-12-19)25(34)30(6)16-15-20-22(28(20,2)3)26(31(30,7)27(32)35)37-29(4,5)38-32/h8-14,18,20,22-26,34H,15-17H2,1-7H3/t18-,20-,22-,23+,24-,25+,26+,30-,31+,32+/m0/s1. The van der Waals surface area contributed by atoms with Crippen LogP contribution in [0.3, 0.4) is 0 Å². The van der Waals surface area contributed by atoms with Crippen molar-refractivity contribution < 1.29 is 28.9 Å². The topological polar surface area (TPSA) is 82.1 Å². The summed E-state index contributed by atoms with van der Waals surface area (Å²) in [6.07, 6.45) is 3.31. The fourth-order valence-corrected chi connectivity index (χ4v) is 9.25. The van der Waals surface area contributed by atoms with E-state index in [2.05, 4.69) is 20.8 Å². The Balaban J connectivity index is 1.41. The van der Waals surface area contributed by atoms with Gasteiger partial charge in [0.05, 0.1) is 23.5 Å². The third kappa shape index (κ3) is 3.29. The molecule has 6 rings (SSSR count). The van der Waals surface area contributed by atoms with Crippen molar-refractivity contribution in [2.75, 3.05) is 0 Å². The molecule has 1 aromatic rings. The first-order valence-corrected chi connectivity index (χ1v) is 14.2. The smallest absolute Gasteiger partial charge is 0.331 e. The maximum Gasteiger partial charge on any atom is 0.331 e. The van der Waals surface area contributed by atoms with Crippen molar-refractivity contribution in [2.45, 2.75) is 97.4 Å².